The van der Waals surface area contributed by atoms with Crippen molar-refractivity contribution in [3.63, 3.8) is 0 Å². The number of aromatic amines is 1. The standard InChI is InChI=1S/C26H23N3O5S/c1-2-15-3-5-16(6-4-15)11-12-29-24(32)20(23(31)28-26(29)35)14-18-8-10-21(27-18)17-7-9-19(25(33)34)22(30)13-17/h3-10,13-14,30,32H,2,11-12H2,1H3,(H,33,34)(H,28,31,35)/b18-14+. The third kappa shape index (κ3) is 5.15. The van der Waals surface area contributed by atoms with Gasteiger partial charge in [-0.05, 0) is 66.5 Å². The summed E-state index contributed by atoms with van der Waals surface area (Å²) in [5, 5.41) is 29.9. The van der Waals surface area contributed by atoms with Gasteiger partial charge in [-0.15, -0.1) is 0 Å². The van der Waals surface area contributed by atoms with Crippen LogP contribution in [0.5, 0.6) is 11.6 Å². The van der Waals surface area contributed by atoms with E-state index in [0.29, 0.717) is 29.9 Å². The first-order valence-electron chi connectivity index (χ1n) is 11.0. The maximum absolute atomic E-state index is 12.5. The number of aromatic hydroxyl groups is 2. The average Bonchev–Trinajstić information content (AvgIpc) is 3.30. The van der Waals surface area contributed by atoms with E-state index in [1.165, 1.54) is 34.4 Å². The molecule has 4 N–H and O–H groups in total. The van der Waals surface area contributed by atoms with Crippen LogP contribution in [0.4, 0.5) is 0 Å². The molecule has 0 fully saturated rings. The van der Waals surface area contributed by atoms with Gasteiger partial charge in [0.05, 0.1) is 11.4 Å². The van der Waals surface area contributed by atoms with Gasteiger partial charge < -0.3 is 15.3 Å². The molecule has 0 radical (unpaired) electrons. The van der Waals surface area contributed by atoms with Crippen molar-refractivity contribution in [1.29, 1.82) is 0 Å². The molecule has 0 saturated heterocycles. The zero-order valence-electron chi connectivity index (χ0n) is 18.9. The maximum Gasteiger partial charge on any atom is 0.339 e. The first kappa shape index (κ1) is 23.9. The third-order valence-electron chi connectivity index (χ3n) is 5.74. The van der Waals surface area contributed by atoms with Crippen LogP contribution in [0.2, 0.25) is 0 Å². The maximum atomic E-state index is 12.5. The Morgan fingerprint density at radius 2 is 1.83 bits per heavy atom. The highest BCUT2D eigenvalue weighted by Gasteiger charge is 2.16. The van der Waals surface area contributed by atoms with E-state index in [1.807, 2.05) is 12.1 Å². The fourth-order valence-electron chi connectivity index (χ4n) is 3.73. The molecule has 2 aromatic carbocycles. The molecule has 35 heavy (non-hydrogen) atoms. The van der Waals surface area contributed by atoms with Crippen LogP contribution in [-0.2, 0) is 19.4 Å². The first-order valence-corrected chi connectivity index (χ1v) is 11.4. The molecule has 9 heteroatoms. The minimum Gasteiger partial charge on any atom is -0.507 e. The zero-order chi connectivity index (χ0) is 25.1. The van der Waals surface area contributed by atoms with E-state index >= 15 is 0 Å². The summed E-state index contributed by atoms with van der Waals surface area (Å²) < 4.78 is 1.60. The number of aliphatic imine (C=N–C) groups is 1. The lowest BCUT2D eigenvalue weighted by atomic mass is 10.1. The Balaban J connectivity index is 1.61. The molecule has 178 valence electrons. The number of H-pyrrole nitrogens is 1. The Kier molecular flexibility index (Phi) is 6.79. The number of rotatable bonds is 7. The van der Waals surface area contributed by atoms with Gasteiger partial charge in [0, 0.05) is 12.1 Å². The number of nitrogens with one attached hydrogen (secondary N) is 1. The zero-order valence-corrected chi connectivity index (χ0v) is 19.7. The van der Waals surface area contributed by atoms with Crippen LogP contribution in [0, 0.1) is 4.77 Å². The minimum atomic E-state index is -1.23. The first-order chi connectivity index (χ1) is 16.8. The number of nitrogens with zero attached hydrogens (tertiary/aromatic N) is 2. The van der Waals surface area contributed by atoms with E-state index in [1.54, 1.807) is 12.2 Å². The molecule has 3 aromatic rings. The van der Waals surface area contributed by atoms with Crippen LogP contribution in [0.1, 0.15) is 39.5 Å². The van der Waals surface area contributed by atoms with Gasteiger partial charge in [0.15, 0.2) is 4.77 Å². The normalized spacial score (nSPS) is 13.9. The molecule has 0 spiro atoms. The number of phenols is 1. The predicted molar refractivity (Wildman–Crippen MR) is 136 cm³/mol. The van der Waals surface area contributed by atoms with Crippen LogP contribution in [0.3, 0.4) is 0 Å². The monoisotopic (exact) mass is 489 g/mol. The fourth-order valence-corrected chi connectivity index (χ4v) is 4.00. The highest BCUT2D eigenvalue weighted by molar-refractivity contribution is 7.71. The Morgan fingerprint density at radius 3 is 2.49 bits per heavy atom. The number of hydrogen-bond acceptors (Lipinski definition) is 6. The van der Waals surface area contributed by atoms with Crippen LogP contribution >= 0.6 is 12.2 Å². The molecule has 2 heterocycles. The number of aromatic carboxylic acids is 1. The molecule has 4 rings (SSSR count). The number of benzene rings is 2. The van der Waals surface area contributed by atoms with Crippen molar-refractivity contribution in [3.05, 3.63) is 103 Å². The van der Waals surface area contributed by atoms with Crippen molar-refractivity contribution >= 4 is 30.0 Å². The van der Waals surface area contributed by atoms with Crippen molar-refractivity contribution in [2.24, 2.45) is 4.99 Å². The predicted octanol–water partition coefficient (Wildman–Crippen LogP) is 4.22. The van der Waals surface area contributed by atoms with E-state index in [4.69, 9.17) is 17.3 Å². The fraction of sp³-hybridized carbons (Fsp3) is 0.154. The van der Waals surface area contributed by atoms with Gasteiger partial charge in [0.2, 0.25) is 5.88 Å². The molecule has 0 bridgehead atoms. The van der Waals surface area contributed by atoms with Gasteiger partial charge in [-0.2, -0.15) is 0 Å². The summed E-state index contributed by atoms with van der Waals surface area (Å²) >= 11 is 5.27. The van der Waals surface area contributed by atoms with Crippen molar-refractivity contribution in [2.45, 2.75) is 26.3 Å². The molecule has 0 aliphatic carbocycles. The summed E-state index contributed by atoms with van der Waals surface area (Å²) in [6.45, 7) is 2.47. The van der Waals surface area contributed by atoms with Crippen molar-refractivity contribution in [2.75, 3.05) is 0 Å². The summed E-state index contributed by atoms with van der Waals surface area (Å²) in [6, 6.07) is 12.3. The van der Waals surface area contributed by atoms with Crippen molar-refractivity contribution in [3.8, 4) is 11.6 Å². The summed E-state index contributed by atoms with van der Waals surface area (Å²) in [5.74, 6) is -1.86. The molecule has 0 atom stereocenters. The van der Waals surface area contributed by atoms with Crippen LogP contribution < -0.4 is 5.56 Å². The minimum absolute atomic E-state index is 0.0219. The second kappa shape index (κ2) is 9.94. The van der Waals surface area contributed by atoms with E-state index in [0.717, 1.165) is 12.0 Å². The second-order valence-corrected chi connectivity index (χ2v) is 8.39. The van der Waals surface area contributed by atoms with Gasteiger partial charge in [-0.25, -0.2) is 9.79 Å². The SMILES string of the molecule is CCc1ccc(CCn2c(O)c(/C=C3\C=CC(c4ccc(C(=O)O)c(O)c4)=N3)c(=O)[nH]c2=S)cc1. The molecule has 1 aromatic heterocycles. The molecule has 1 aliphatic rings. The van der Waals surface area contributed by atoms with Crippen molar-refractivity contribution in [1.82, 2.24) is 9.55 Å². The topological polar surface area (TPSA) is 128 Å². The lowest BCUT2D eigenvalue weighted by molar-refractivity contribution is 0.0693. The molecule has 0 saturated carbocycles. The largest absolute Gasteiger partial charge is 0.507 e. The van der Waals surface area contributed by atoms with Crippen molar-refractivity contribution < 1.29 is 20.1 Å². The Labute approximate surface area is 205 Å². The highest BCUT2D eigenvalue weighted by Crippen LogP contribution is 2.24. The lowest BCUT2D eigenvalue weighted by Crippen LogP contribution is -2.17. The quantitative estimate of drug-likeness (QED) is 0.368. The van der Waals surface area contributed by atoms with E-state index in [2.05, 4.69) is 29.0 Å². The smallest absolute Gasteiger partial charge is 0.339 e. The Hall–Kier alpha value is -4.24. The molecular formula is C26H23N3O5S. The van der Waals surface area contributed by atoms with Gasteiger partial charge in [0.25, 0.3) is 5.56 Å². The average molecular weight is 490 g/mol. The van der Waals surface area contributed by atoms with E-state index < -0.39 is 11.5 Å². The van der Waals surface area contributed by atoms with Crippen LogP contribution in [0.15, 0.2) is 70.1 Å². The number of carbonyl (C=O) groups is 1. The summed E-state index contributed by atoms with van der Waals surface area (Å²) in [5.41, 5.74) is 2.99. The van der Waals surface area contributed by atoms with Gasteiger partial charge >= 0.3 is 5.97 Å². The molecule has 1 aliphatic heterocycles. The van der Waals surface area contributed by atoms with Gasteiger partial charge in [0.1, 0.15) is 16.9 Å². The molecule has 8 nitrogen and oxygen atoms in total. The van der Waals surface area contributed by atoms with E-state index in [-0.39, 0.29) is 27.5 Å². The summed E-state index contributed by atoms with van der Waals surface area (Å²) in [7, 11) is 0. The number of hydrogen-bond donors (Lipinski definition) is 4. The number of aryl methyl sites for hydroxylation is 2. The second-order valence-electron chi connectivity index (χ2n) is 8.00. The molecule has 0 amide bonds. The van der Waals surface area contributed by atoms with E-state index in [9.17, 15) is 19.8 Å². The van der Waals surface area contributed by atoms with Gasteiger partial charge in [-0.3, -0.25) is 14.3 Å². The third-order valence-corrected chi connectivity index (χ3v) is 6.06. The molecule has 0 unspecified atom stereocenters. The Morgan fingerprint density at radius 1 is 1.11 bits per heavy atom. The Bertz CT molecular complexity index is 1510. The number of carboxylic acid groups (broad SMARTS) is 1. The van der Waals surface area contributed by atoms with Crippen LogP contribution in [-0.4, -0.2) is 36.6 Å². The number of carboxylic acids is 1. The number of allylic oxidation sites excluding steroid dienone is 2. The van der Waals surface area contributed by atoms with Gasteiger partial charge in [-0.1, -0.05) is 37.3 Å². The van der Waals surface area contributed by atoms with Crippen LogP contribution in [0.25, 0.3) is 6.08 Å². The number of aromatic nitrogens is 2. The highest BCUT2D eigenvalue weighted by atomic mass is 32.1. The summed E-state index contributed by atoms with van der Waals surface area (Å²) in [4.78, 5) is 30.7. The molecular weight excluding hydrogens is 466 g/mol. The summed E-state index contributed by atoms with van der Waals surface area (Å²) in [6.07, 6.45) is 6.34. The lowest BCUT2D eigenvalue weighted by Gasteiger charge is -2.12.